The molecule has 1 spiro atoms. The van der Waals surface area contributed by atoms with Crippen LogP contribution in [0.5, 0.6) is 0 Å². The molecular weight excluding hydrogens is 318 g/mol. The highest BCUT2D eigenvalue weighted by Gasteiger charge is 2.47. The van der Waals surface area contributed by atoms with E-state index in [1.165, 1.54) is 0 Å². The summed E-state index contributed by atoms with van der Waals surface area (Å²) in [7, 11) is 3.78. The molecule has 0 radical (unpaired) electrons. The van der Waals surface area contributed by atoms with E-state index in [0.717, 1.165) is 32.2 Å². The molecule has 2 rings (SSSR count). The second-order valence-electron chi connectivity index (χ2n) is 8.10. The molecule has 0 saturated carbocycles. The smallest absolute Gasteiger partial charge is 0.236 e. The Kier molecular flexibility index (Phi) is 6.86. The highest BCUT2D eigenvalue weighted by Crippen LogP contribution is 2.39. The molecule has 6 nitrogen and oxygen atoms in total. The Bertz CT molecular complexity index is 479. The minimum absolute atomic E-state index is 0.0716. The van der Waals surface area contributed by atoms with Crippen molar-refractivity contribution >= 4 is 11.8 Å². The quantitative estimate of drug-likeness (QED) is 0.806. The van der Waals surface area contributed by atoms with Gasteiger partial charge in [-0.25, -0.2) is 0 Å². The first kappa shape index (κ1) is 20.2. The van der Waals surface area contributed by atoms with Gasteiger partial charge in [0.15, 0.2) is 0 Å². The maximum atomic E-state index is 12.8. The number of piperidine rings is 2. The van der Waals surface area contributed by atoms with Crippen molar-refractivity contribution in [1.29, 1.82) is 0 Å². The lowest BCUT2D eigenvalue weighted by Gasteiger charge is -2.51. The summed E-state index contributed by atoms with van der Waals surface area (Å²) in [5.74, 6) is 0.398. The molecule has 144 valence electrons. The molecule has 0 aromatic heterocycles. The van der Waals surface area contributed by atoms with Crippen molar-refractivity contribution < 1.29 is 14.7 Å². The molecule has 1 N–H and O–H groups in total. The van der Waals surface area contributed by atoms with E-state index in [2.05, 4.69) is 13.8 Å². The summed E-state index contributed by atoms with van der Waals surface area (Å²) in [6, 6.07) is 0. The summed E-state index contributed by atoms with van der Waals surface area (Å²) in [6.07, 6.45) is 3.66. The summed E-state index contributed by atoms with van der Waals surface area (Å²) in [6.45, 7) is 7.03. The molecule has 2 aliphatic heterocycles. The number of carbonyl (C=O) groups is 2. The molecular formula is C19H35N3O3. The zero-order chi connectivity index (χ0) is 18.6. The maximum absolute atomic E-state index is 12.8. The molecule has 25 heavy (non-hydrogen) atoms. The van der Waals surface area contributed by atoms with Gasteiger partial charge in [-0.05, 0) is 46.2 Å². The fourth-order valence-corrected chi connectivity index (χ4v) is 4.38. The van der Waals surface area contributed by atoms with Crippen LogP contribution in [0.3, 0.4) is 0 Å². The molecule has 2 aliphatic rings. The second-order valence-corrected chi connectivity index (χ2v) is 8.10. The third-order valence-corrected chi connectivity index (χ3v) is 5.94. The zero-order valence-electron chi connectivity index (χ0n) is 16.3. The standard InChI is InChI=1S/C19H35N3O3/c1-5-15(6-2)18(25)22-10-7-9-19(14-22)13-21(11-8-16(19)23)17(24)12-20(3)4/h15-16,23H,5-14H2,1-4H3/t16-,19-/m1/s1. The molecule has 6 heteroatoms. The van der Waals surface area contributed by atoms with Gasteiger partial charge in [-0.3, -0.25) is 9.59 Å². The topological polar surface area (TPSA) is 64.1 Å². The SMILES string of the molecule is CCC(CC)C(=O)N1CCC[C@@]2(CN(C(=O)CN(C)C)CC[C@H]2O)C1. The van der Waals surface area contributed by atoms with Crippen molar-refractivity contribution in [2.45, 2.75) is 52.1 Å². The van der Waals surface area contributed by atoms with E-state index in [0.29, 0.717) is 32.6 Å². The Hall–Kier alpha value is -1.14. The predicted octanol–water partition coefficient (Wildman–Crippen LogP) is 1.19. The van der Waals surface area contributed by atoms with E-state index >= 15 is 0 Å². The second kappa shape index (κ2) is 8.49. The average Bonchev–Trinajstić information content (AvgIpc) is 2.58. The van der Waals surface area contributed by atoms with Crippen molar-refractivity contribution in [1.82, 2.24) is 14.7 Å². The van der Waals surface area contributed by atoms with Crippen LogP contribution in [0.2, 0.25) is 0 Å². The number of carbonyl (C=O) groups excluding carboxylic acids is 2. The first-order valence-electron chi connectivity index (χ1n) is 9.72. The number of likely N-dealkylation sites (tertiary alicyclic amines) is 2. The summed E-state index contributed by atoms with van der Waals surface area (Å²) in [5, 5.41) is 10.7. The highest BCUT2D eigenvalue weighted by atomic mass is 16.3. The minimum atomic E-state index is -0.437. The zero-order valence-corrected chi connectivity index (χ0v) is 16.3. The van der Waals surface area contributed by atoms with Crippen LogP contribution < -0.4 is 0 Å². The molecule has 2 amide bonds. The fraction of sp³-hybridized carbons (Fsp3) is 0.895. The summed E-state index contributed by atoms with van der Waals surface area (Å²) in [5.41, 5.74) is -0.361. The summed E-state index contributed by atoms with van der Waals surface area (Å²) in [4.78, 5) is 31.0. The molecule has 2 heterocycles. The molecule has 2 saturated heterocycles. The first-order chi connectivity index (χ1) is 11.8. The van der Waals surface area contributed by atoms with E-state index in [4.69, 9.17) is 0 Å². The Balaban J connectivity index is 2.11. The van der Waals surface area contributed by atoms with Gasteiger partial charge in [0.2, 0.25) is 11.8 Å². The highest BCUT2D eigenvalue weighted by molar-refractivity contribution is 5.79. The van der Waals surface area contributed by atoms with Crippen LogP contribution in [0.4, 0.5) is 0 Å². The van der Waals surface area contributed by atoms with Crippen molar-refractivity contribution in [3.05, 3.63) is 0 Å². The number of hydrogen-bond acceptors (Lipinski definition) is 4. The number of amides is 2. The molecule has 2 atom stereocenters. The Morgan fingerprint density at radius 1 is 1.16 bits per heavy atom. The van der Waals surface area contributed by atoms with E-state index in [1.54, 1.807) is 0 Å². The van der Waals surface area contributed by atoms with Crippen LogP contribution in [0.25, 0.3) is 0 Å². The van der Waals surface area contributed by atoms with Gasteiger partial charge < -0.3 is 19.8 Å². The largest absolute Gasteiger partial charge is 0.392 e. The van der Waals surface area contributed by atoms with Crippen molar-refractivity contribution in [2.75, 3.05) is 46.8 Å². The number of hydrogen-bond donors (Lipinski definition) is 1. The lowest BCUT2D eigenvalue weighted by molar-refractivity contribution is -0.151. The monoisotopic (exact) mass is 353 g/mol. The number of aliphatic hydroxyl groups excluding tert-OH is 1. The van der Waals surface area contributed by atoms with Crippen LogP contribution in [0, 0.1) is 11.3 Å². The van der Waals surface area contributed by atoms with Crippen LogP contribution in [0.15, 0.2) is 0 Å². The number of rotatable bonds is 5. The van der Waals surface area contributed by atoms with Crippen LogP contribution in [-0.4, -0.2) is 84.5 Å². The van der Waals surface area contributed by atoms with Gasteiger partial charge in [0.1, 0.15) is 0 Å². The third kappa shape index (κ3) is 4.53. The first-order valence-corrected chi connectivity index (χ1v) is 9.72. The molecule has 2 fully saturated rings. The predicted molar refractivity (Wildman–Crippen MR) is 98.1 cm³/mol. The Morgan fingerprint density at radius 2 is 1.80 bits per heavy atom. The molecule has 0 aromatic carbocycles. The van der Waals surface area contributed by atoms with Gasteiger partial charge in [0.25, 0.3) is 0 Å². The van der Waals surface area contributed by atoms with E-state index < -0.39 is 6.10 Å². The molecule has 0 aliphatic carbocycles. The van der Waals surface area contributed by atoms with Gasteiger partial charge in [-0.2, -0.15) is 0 Å². The normalized spacial score (nSPS) is 27.4. The van der Waals surface area contributed by atoms with Crippen molar-refractivity contribution in [2.24, 2.45) is 11.3 Å². The van der Waals surface area contributed by atoms with Crippen molar-refractivity contribution in [3.63, 3.8) is 0 Å². The fourth-order valence-electron chi connectivity index (χ4n) is 4.38. The molecule has 0 bridgehead atoms. The van der Waals surface area contributed by atoms with Crippen LogP contribution >= 0.6 is 0 Å². The van der Waals surface area contributed by atoms with Gasteiger partial charge in [0.05, 0.1) is 12.6 Å². The minimum Gasteiger partial charge on any atom is -0.392 e. The lowest BCUT2D eigenvalue weighted by Crippen LogP contribution is -2.61. The maximum Gasteiger partial charge on any atom is 0.236 e. The Labute approximate surface area is 152 Å². The van der Waals surface area contributed by atoms with Gasteiger partial charge >= 0.3 is 0 Å². The van der Waals surface area contributed by atoms with Gasteiger partial charge in [-0.15, -0.1) is 0 Å². The van der Waals surface area contributed by atoms with Crippen molar-refractivity contribution in [3.8, 4) is 0 Å². The third-order valence-electron chi connectivity index (χ3n) is 5.94. The molecule has 0 aromatic rings. The van der Waals surface area contributed by atoms with E-state index in [-0.39, 0.29) is 23.1 Å². The van der Waals surface area contributed by atoms with Crippen LogP contribution in [-0.2, 0) is 9.59 Å². The summed E-state index contributed by atoms with van der Waals surface area (Å²) >= 11 is 0. The van der Waals surface area contributed by atoms with Crippen LogP contribution in [0.1, 0.15) is 46.0 Å². The number of nitrogens with zero attached hydrogens (tertiary/aromatic N) is 3. The number of aliphatic hydroxyl groups is 1. The molecule has 0 unspecified atom stereocenters. The average molecular weight is 354 g/mol. The van der Waals surface area contributed by atoms with E-state index in [1.807, 2.05) is 28.8 Å². The lowest BCUT2D eigenvalue weighted by atomic mass is 9.71. The van der Waals surface area contributed by atoms with Gasteiger partial charge in [-0.1, -0.05) is 13.8 Å². The number of likely N-dealkylation sites (N-methyl/N-ethyl adjacent to an activating group) is 1. The van der Waals surface area contributed by atoms with E-state index in [9.17, 15) is 14.7 Å². The van der Waals surface area contributed by atoms with Gasteiger partial charge in [0, 0.05) is 37.5 Å². The Morgan fingerprint density at radius 3 is 2.40 bits per heavy atom. The summed E-state index contributed by atoms with van der Waals surface area (Å²) < 4.78 is 0.